The molecule has 2 unspecified atom stereocenters. The third-order valence-corrected chi connectivity index (χ3v) is 9.02. The van der Waals surface area contributed by atoms with Gasteiger partial charge in [-0.15, -0.1) is 0 Å². The molecule has 0 aromatic rings. The van der Waals surface area contributed by atoms with E-state index >= 15 is 0 Å². The van der Waals surface area contributed by atoms with Crippen molar-refractivity contribution >= 4 is 0 Å². The third kappa shape index (κ3) is 2.52. The molecular weight excluding hydrogens is 302 g/mol. The molecule has 5 atom stereocenters. The Morgan fingerprint density at radius 1 is 1.04 bits per heavy atom. The first kappa shape index (κ1) is 17.8. The maximum absolute atomic E-state index is 2.66. The molecule has 0 aromatic carbocycles. The first-order chi connectivity index (χ1) is 11.8. The molecule has 0 aliphatic heterocycles. The molecule has 0 amide bonds. The standard InChI is InChI=1S/C24H39N/c1-16(2)20-9-10-21-19-8-7-17-15-18(25(5)6)11-13-23(17,3)22(19)12-14-24(20,21)4/h10,16-18,20H,7-9,11-15H2,1-6H3/t17?,18?,20-,23+,24-/m1/s1. The Balaban J connectivity index is 1.67. The van der Waals surface area contributed by atoms with Crippen molar-refractivity contribution in [2.75, 3.05) is 14.1 Å². The van der Waals surface area contributed by atoms with Gasteiger partial charge in [-0.05, 0) is 105 Å². The van der Waals surface area contributed by atoms with E-state index in [-0.39, 0.29) is 0 Å². The summed E-state index contributed by atoms with van der Waals surface area (Å²) in [7, 11) is 4.56. The van der Waals surface area contributed by atoms with Gasteiger partial charge in [0, 0.05) is 6.04 Å². The summed E-state index contributed by atoms with van der Waals surface area (Å²) in [5.41, 5.74) is 6.49. The van der Waals surface area contributed by atoms with Crippen molar-refractivity contribution in [2.45, 2.75) is 85.1 Å². The van der Waals surface area contributed by atoms with Crippen LogP contribution in [0.4, 0.5) is 0 Å². The molecule has 0 saturated heterocycles. The van der Waals surface area contributed by atoms with Crippen molar-refractivity contribution in [3.63, 3.8) is 0 Å². The van der Waals surface area contributed by atoms with Crippen LogP contribution in [-0.2, 0) is 0 Å². The van der Waals surface area contributed by atoms with Crippen LogP contribution in [0.15, 0.2) is 22.8 Å². The Morgan fingerprint density at radius 3 is 2.48 bits per heavy atom. The molecular formula is C24H39N. The van der Waals surface area contributed by atoms with Gasteiger partial charge in [0.15, 0.2) is 0 Å². The van der Waals surface area contributed by atoms with Crippen molar-refractivity contribution in [2.24, 2.45) is 28.6 Å². The predicted octanol–water partition coefficient (Wildman–Crippen LogP) is 6.22. The predicted molar refractivity (Wildman–Crippen MR) is 108 cm³/mol. The molecule has 1 nitrogen and oxygen atoms in total. The van der Waals surface area contributed by atoms with E-state index in [2.05, 4.69) is 52.8 Å². The lowest BCUT2D eigenvalue weighted by Crippen LogP contribution is -2.46. The van der Waals surface area contributed by atoms with E-state index in [1.165, 1.54) is 51.4 Å². The monoisotopic (exact) mass is 341 g/mol. The van der Waals surface area contributed by atoms with Crippen LogP contribution < -0.4 is 0 Å². The van der Waals surface area contributed by atoms with E-state index < -0.39 is 0 Å². The van der Waals surface area contributed by atoms with Crippen molar-refractivity contribution in [1.82, 2.24) is 4.90 Å². The second-order valence-corrected chi connectivity index (χ2v) is 10.6. The molecule has 1 heteroatoms. The van der Waals surface area contributed by atoms with Crippen LogP contribution in [0.25, 0.3) is 0 Å². The summed E-state index contributed by atoms with van der Waals surface area (Å²) in [4.78, 5) is 2.48. The maximum atomic E-state index is 2.66. The van der Waals surface area contributed by atoms with Gasteiger partial charge in [-0.1, -0.05) is 39.3 Å². The normalized spacial score (nSPS) is 43.8. The molecule has 0 aromatic heterocycles. The topological polar surface area (TPSA) is 3.24 Å². The summed E-state index contributed by atoms with van der Waals surface area (Å²) in [5, 5.41) is 0. The Hall–Kier alpha value is -0.560. The second kappa shape index (κ2) is 5.98. The number of nitrogens with zero attached hydrogens (tertiary/aromatic N) is 1. The quantitative estimate of drug-likeness (QED) is 0.576. The van der Waals surface area contributed by atoms with E-state index in [4.69, 9.17) is 0 Å². The highest BCUT2D eigenvalue weighted by Gasteiger charge is 2.52. The van der Waals surface area contributed by atoms with Crippen LogP contribution in [-0.4, -0.2) is 25.0 Å². The van der Waals surface area contributed by atoms with Gasteiger partial charge in [-0.25, -0.2) is 0 Å². The Bertz CT molecular complexity index is 610. The molecule has 4 aliphatic rings. The Morgan fingerprint density at radius 2 is 1.80 bits per heavy atom. The van der Waals surface area contributed by atoms with Crippen LogP contribution in [0.3, 0.4) is 0 Å². The van der Waals surface area contributed by atoms with E-state index in [1.54, 1.807) is 5.57 Å². The highest BCUT2D eigenvalue weighted by atomic mass is 15.1. The van der Waals surface area contributed by atoms with E-state index in [0.29, 0.717) is 10.8 Å². The lowest BCUT2D eigenvalue weighted by atomic mass is 9.51. The number of rotatable bonds is 2. The molecule has 0 spiro atoms. The van der Waals surface area contributed by atoms with Gasteiger partial charge in [-0.2, -0.15) is 0 Å². The van der Waals surface area contributed by atoms with Crippen LogP contribution in [0.1, 0.15) is 79.1 Å². The van der Waals surface area contributed by atoms with Gasteiger partial charge >= 0.3 is 0 Å². The smallest absolute Gasteiger partial charge is 0.00924 e. The van der Waals surface area contributed by atoms with Gasteiger partial charge in [0.25, 0.3) is 0 Å². The summed E-state index contributed by atoms with van der Waals surface area (Å²) >= 11 is 0. The van der Waals surface area contributed by atoms with Gasteiger partial charge in [0.2, 0.25) is 0 Å². The molecule has 25 heavy (non-hydrogen) atoms. The zero-order valence-corrected chi connectivity index (χ0v) is 17.5. The lowest BCUT2D eigenvalue weighted by Gasteiger charge is -2.54. The Kier molecular flexibility index (Phi) is 4.26. The summed E-state index contributed by atoms with van der Waals surface area (Å²) in [6.07, 6.45) is 13.8. The van der Waals surface area contributed by atoms with Crippen molar-refractivity contribution in [3.8, 4) is 0 Å². The fourth-order valence-electron chi connectivity index (χ4n) is 7.35. The van der Waals surface area contributed by atoms with Crippen LogP contribution in [0, 0.1) is 28.6 Å². The minimum atomic E-state index is 0.469. The summed E-state index contributed by atoms with van der Waals surface area (Å²) < 4.78 is 0. The molecule has 0 radical (unpaired) electrons. The van der Waals surface area contributed by atoms with Crippen molar-refractivity contribution in [3.05, 3.63) is 22.8 Å². The number of allylic oxidation sites excluding steroid dienone is 4. The minimum absolute atomic E-state index is 0.469. The fraction of sp³-hybridized carbons (Fsp3) is 0.833. The molecule has 140 valence electrons. The minimum Gasteiger partial charge on any atom is -0.306 e. The number of hydrogen-bond acceptors (Lipinski definition) is 1. The average Bonchev–Trinajstić information content (AvgIpc) is 2.91. The first-order valence-corrected chi connectivity index (χ1v) is 10.9. The molecule has 0 heterocycles. The SMILES string of the molecule is CC(C)[C@H]1CC=C2C3=C(CC[C@@]21C)[C@@]1(C)CCC(N(C)C)CC1CC3. The summed E-state index contributed by atoms with van der Waals surface area (Å²) in [6, 6.07) is 0.810. The molecule has 4 aliphatic carbocycles. The van der Waals surface area contributed by atoms with Crippen molar-refractivity contribution < 1.29 is 0 Å². The highest BCUT2D eigenvalue weighted by molar-refractivity contribution is 5.49. The number of fused-ring (bicyclic) bond motifs is 4. The third-order valence-electron chi connectivity index (χ3n) is 9.02. The van der Waals surface area contributed by atoms with Crippen LogP contribution in [0.2, 0.25) is 0 Å². The first-order valence-electron chi connectivity index (χ1n) is 10.9. The second-order valence-electron chi connectivity index (χ2n) is 10.6. The van der Waals surface area contributed by atoms with Crippen LogP contribution >= 0.6 is 0 Å². The van der Waals surface area contributed by atoms with Crippen molar-refractivity contribution in [1.29, 1.82) is 0 Å². The van der Waals surface area contributed by atoms with Gasteiger partial charge in [0.05, 0.1) is 0 Å². The summed E-state index contributed by atoms with van der Waals surface area (Å²) in [6.45, 7) is 10.1. The molecule has 0 N–H and O–H groups in total. The average molecular weight is 342 g/mol. The largest absolute Gasteiger partial charge is 0.306 e. The van der Waals surface area contributed by atoms with E-state index in [0.717, 1.165) is 23.8 Å². The van der Waals surface area contributed by atoms with E-state index in [1.807, 2.05) is 11.1 Å². The van der Waals surface area contributed by atoms with Gasteiger partial charge in [-0.3, -0.25) is 0 Å². The van der Waals surface area contributed by atoms with E-state index in [9.17, 15) is 0 Å². The molecule has 4 rings (SSSR count). The lowest BCUT2D eigenvalue weighted by molar-refractivity contribution is 0.0634. The molecule has 0 bridgehead atoms. The number of hydrogen-bond donors (Lipinski definition) is 0. The fourth-order valence-corrected chi connectivity index (χ4v) is 7.35. The zero-order valence-electron chi connectivity index (χ0n) is 17.5. The highest BCUT2D eigenvalue weighted by Crippen LogP contribution is 2.64. The molecule has 1 saturated carbocycles. The summed E-state index contributed by atoms with van der Waals surface area (Å²) in [5.74, 6) is 2.59. The van der Waals surface area contributed by atoms with Gasteiger partial charge < -0.3 is 4.90 Å². The maximum Gasteiger partial charge on any atom is 0.00924 e. The molecule has 1 fully saturated rings. The zero-order chi connectivity index (χ0) is 18.0. The van der Waals surface area contributed by atoms with Gasteiger partial charge in [0.1, 0.15) is 0 Å². The Labute approximate surface area is 155 Å². The van der Waals surface area contributed by atoms with Crippen LogP contribution in [0.5, 0.6) is 0 Å².